The van der Waals surface area contributed by atoms with Crippen LogP contribution in [0.4, 0.5) is 0 Å². The van der Waals surface area contributed by atoms with Crippen LogP contribution in [0.3, 0.4) is 0 Å². The van der Waals surface area contributed by atoms with Gasteiger partial charge in [-0.05, 0) is 38.1 Å². The molecule has 0 N–H and O–H groups in total. The lowest BCUT2D eigenvalue weighted by atomic mass is 9.96. The summed E-state index contributed by atoms with van der Waals surface area (Å²) in [5, 5.41) is 0. The van der Waals surface area contributed by atoms with Gasteiger partial charge in [0.15, 0.2) is 0 Å². The minimum atomic E-state index is -0.172. The Balaban J connectivity index is 1.88. The third-order valence-electron chi connectivity index (χ3n) is 4.21. The topological polar surface area (TPSA) is 29.5 Å². The monoisotopic (exact) mass is 303 g/mol. The predicted octanol–water partition coefficient (Wildman–Crippen LogP) is 2.58. The zero-order valence-electron chi connectivity index (χ0n) is 10.5. The van der Waals surface area contributed by atoms with Crippen LogP contribution in [0.2, 0.25) is 0 Å². The minimum absolute atomic E-state index is 0.151. The van der Waals surface area contributed by atoms with Gasteiger partial charge in [0.2, 0.25) is 0 Å². The fourth-order valence-corrected chi connectivity index (χ4v) is 3.92. The Morgan fingerprint density at radius 3 is 2.71 bits per heavy atom. The summed E-state index contributed by atoms with van der Waals surface area (Å²) in [6, 6.07) is 0.710. The molecule has 4 heteroatoms. The molecular weight excluding hydrogens is 282 g/mol. The number of likely N-dealkylation sites (tertiary alicyclic amines) is 1. The highest BCUT2D eigenvalue weighted by Gasteiger charge is 2.34. The number of carbonyl (C=O) groups is 1. The number of carbonyl (C=O) groups excluding carboxylic acids is 1. The van der Waals surface area contributed by atoms with Gasteiger partial charge < -0.3 is 4.74 Å². The first-order valence-electron chi connectivity index (χ1n) is 6.68. The lowest BCUT2D eigenvalue weighted by Crippen LogP contribution is -2.40. The van der Waals surface area contributed by atoms with Crippen molar-refractivity contribution in [2.75, 3.05) is 20.2 Å². The summed E-state index contributed by atoms with van der Waals surface area (Å²) in [6.07, 6.45) is 8.14. The quantitative estimate of drug-likeness (QED) is 0.590. The fourth-order valence-electron chi connectivity index (χ4n) is 3.36. The zero-order chi connectivity index (χ0) is 12.3. The van der Waals surface area contributed by atoms with Crippen LogP contribution in [-0.2, 0) is 9.53 Å². The number of ether oxygens (including phenoxy) is 1. The van der Waals surface area contributed by atoms with E-state index in [1.165, 1.54) is 45.6 Å². The molecule has 1 aliphatic carbocycles. The van der Waals surface area contributed by atoms with Gasteiger partial charge in [0.25, 0.3) is 0 Å². The van der Waals surface area contributed by atoms with E-state index in [0.29, 0.717) is 6.04 Å². The van der Waals surface area contributed by atoms with Crippen molar-refractivity contribution in [2.45, 2.75) is 49.4 Å². The Labute approximate surface area is 112 Å². The standard InChI is InChI=1S/C13H22BrNO2/c1-17-13(16)11(14)9-15-8-4-7-12(15)10-5-2-3-6-10/h10-12H,2-9H2,1H3. The van der Waals surface area contributed by atoms with Gasteiger partial charge in [-0.25, -0.2) is 0 Å². The molecule has 0 spiro atoms. The molecule has 0 aromatic carbocycles. The van der Waals surface area contributed by atoms with Crippen LogP contribution >= 0.6 is 15.9 Å². The van der Waals surface area contributed by atoms with E-state index in [0.717, 1.165) is 19.0 Å². The lowest BCUT2D eigenvalue weighted by molar-refractivity contribution is -0.140. The molecule has 0 aromatic heterocycles. The molecule has 1 saturated heterocycles. The van der Waals surface area contributed by atoms with Crippen molar-refractivity contribution in [3.05, 3.63) is 0 Å². The molecule has 0 radical (unpaired) electrons. The van der Waals surface area contributed by atoms with Gasteiger partial charge in [0.1, 0.15) is 4.83 Å². The highest BCUT2D eigenvalue weighted by Crippen LogP contribution is 2.35. The van der Waals surface area contributed by atoms with Crippen molar-refractivity contribution in [3.8, 4) is 0 Å². The molecule has 1 heterocycles. The van der Waals surface area contributed by atoms with Crippen LogP contribution in [0.5, 0.6) is 0 Å². The van der Waals surface area contributed by atoms with Gasteiger partial charge in [-0.15, -0.1) is 0 Å². The number of esters is 1. The van der Waals surface area contributed by atoms with E-state index >= 15 is 0 Å². The van der Waals surface area contributed by atoms with Gasteiger partial charge in [-0.1, -0.05) is 28.8 Å². The Kier molecular flexibility index (Phi) is 4.86. The molecule has 0 aromatic rings. The molecule has 98 valence electrons. The maximum atomic E-state index is 11.4. The Hall–Kier alpha value is -0.0900. The van der Waals surface area contributed by atoms with E-state index in [1.54, 1.807) is 0 Å². The van der Waals surface area contributed by atoms with Crippen LogP contribution < -0.4 is 0 Å². The van der Waals surface area contributed by atoms with Crippen molar-refractivity contribution in [1.82, 2.24) is 4.90 Å². The van der Waals surface area contributed by atoms with E-state index in [1.807, 2.05) is 0 Å². The summed E-state index contributed by atoms with van der Waals surface area (Å²) in [4.78, 5) is 13.8. The summed E-state index contributed by atoms with van der Waals surface area (Å²) in [7, 11) is 1.45. The molecular formula is C13H22BrNO2. The normalized spacial score (nSPS) is 28.5. The average molecular weight is 304 g/mol. The van der Waals surface area contributed by atoms with Crippen LogP contribution in [0, 0.1) is 5.92 Å². The Bertz CT molecular complexity index is 266. The van der Waals surface area contributed by atoms with Crippen molar-refractivity contribution in [1.29, 1.82) is 0 Å². The molecule has 0 bridgehead atoms. The number of methoxy groups -OCH3 is 1. The minimum Gasteiger partial charge on any atom is -0.468 e. The predicted molar refractivity (Wildman–Crippen MR) is 71.3 cm³/mol. The van der Waals surface area contributed by atoms with Crippen LogP contribution in [0.1, 0.15) is 38.5 Å². The molecule has 0 amide bonds. The van der Waals surface area contributed by atoms with Gasteiger partial charge in [-0.2, -0.15) is 0 Å². The van der Waals surface area contributed by atoms with Crippen molar-refractivity contribution >= 4 is 21.9 Å². The van der Waals surface area contributed by atoms with E-state index in [4.69, 9.17) is 4.74 Å². The fraction of sp³-hybridized carbons (Fsp3) is 0.923. The number of rotatable bonds is 4. The maximum absolute atomic E-state index is 11.4. The third-order valence-corrected chi connectivity index (χ3v) is 4.87. The van der Waals surface area contributed by atoms with Crippen LogP contribution in [0.25, 0.3) is 0 Å². The van der Waals surface area contributed by atoms with Gasteiger partial charge in [0.05, 0.1) is 7.11 Å². The van der Waals surface area contributed by atoms with E-state index in [-0.39, 0.29) is 10.8 Å². The highest BCUT2D eigenvalue weighted by atomic mass is 79.9. The third kappa shape index (κ3) is 3.22. The number of alkyl halides is 1. The van der Waals surface area contributed by atoms with E-state index in [2.05, 4.69) is 20.8 Å². The number of hydrogen-bond acceptors (Lipinski definition) is 3. The smallest absolute Gasteiger partial charge is 0.320 e. The second-order valence-electron chi connectivity index (χ2n) is 5.24. The molecule has 2 atom stereocenters. The lowest BCUT2D eigenvalue weighted by Gasteiger charge is -2.30. The molecule has 1 saturated carbocycles. The largest absolute Gasteiger partial charge is 0.468 e. The maximum Gasteiger partial charge on any atom is 0.320 e. The van der Waals surface area contributed by atoms with Gasteiger partial charge >= 0.3 is 5.97 Å². The Morgan fingerprint density at radius 1 is 1.35 bits per heavy atom. The van der Waals surface area contributed by atoms with Crippen LogP contribution in [0.15, 0.2) is 0 Å². The van der Waals surface area contributed by atoms with Crippen molar-refractivity contribution < 1.29 is 9.53 Å². The molecule has 1 aliphatic heterocycles. The first-order chi connectivity index (χ1) is 8.22. The molecule has 3 nitrogen and oxygen atoms in total. The average Bonchev–Trinajstić information content (AvgIpc) is 2.97. The molecule has 2 unspecified atom stereocenters. The second-order valence-corrected chi connectivity index (χ2v) is 6.35. The first-order valence-corrected chi connectivity index (χ1v) is 7.60. The Morgan fingerprint density at radius 2 is 2.06 bits per heavy atom. The number of nitrogens with zero attached hydrogens (tertiary/aromatic N) is 1. The summed E-state index contributed by atoms with van der Waals surface area (Å²) in [5.41, 5.74) is 0. The van der Waals surface area contributed by atoms with E-state index < -0.39 is 0 Å². The number of halogens is 1. The molecule has 2 fully saturated rings. The molecule has 2 rings (SSSR count). The van der Waals surface area contributed by atoms with Crippen LogP contribution in [-0.4, -0.2) is 41.9 Å². The summed E-state index contributed by atoms with van der Waals surface area (Å²) in [6.45, 7) is 1.94. The molecule has 17 heavy (non-hydrogen) atoms. The van der Waals surface area contributed by atoms with Crippen molar-refractivity contribution in [3.63, 3.8) is 0 Å². The van der Waals surface area contributed by atoms with Gasteiger partial charge in [0, 0.05) is 12.6 Å². The van der Waals surface area contributed by atoms with E-state index in [9.17, 15) is 4.79 Å². The summed E-state index contributed by atoms with van der Waals surface area (Å²) in [5.74, 6) is 0.719. The molecule has 2 aliphatic rings. The number of hydrogen-bond donors (Lipinski definition) is 0. The SMILES string of the molecule is COC(=O)C(Br)CN1CCCC1C1CCCC1. The zero-order valence-corrected chi connectivity index (χ0v) is 12.1. The summed E-state index contributed by atoms with van der Waals surface area (Å²) >= 11 is 3.43. The van der Waals surface area contributed by atoms with Gasteiger partial charge in [-0.3, -0.25) is 9.69 Å². The van der Waals surface area contributed by atoms with Crippen molar-refractivity contribution in [2.24, 2.45) is 5.92 Å². The second kappa shape index (κ2) is 6.19. The first kappa shape index (κ1) is 13.3. The highest BCUT2D eigenvalue weighted by molar-refractivity contribution is 9.10. The summed E-state index contributed by atoms with van der Waals surface area (Å²) < 4.78 is 4.77.